The smallest absolute Gasteiger partial charge is 0.245 e. The zero-order chi connectivity index (χ0) is 17.1. The highest BCUT2D eigenvalue weighted by Gasteiger charge is 2.37. The summed E-state index contributed by atoms with van der Waals surface area (Å²) in [6.07, 6.45) is 6.02. The minimum Gasteiger partial charge on any atom is -0.329 e. The molecule has 0 unspecified atom stereocenters. The maximum atomic E-state index is 13.3. The molecule has 2 aliphatic rings. The van der Waals surface area contributed by atoms with Gasteiger partial charge in [0, 0.05) is 13.1 Å². The van der Waals surface area contributed by atoms with E-state index >= 15 is 0 Å². The van der Waals surface area contributed by atoms with E-state index < -0.39 is 6.04 Å². The number of rotatable bonds is 4. The van der Waals surface area contributed by atoms with E-state index in [2.05, 4.69) is 0 Å². The summed E-state index contributed by atoms with van der Waals surface area (Å²) < 4.78 is 13.3. The number of piperazine rings is 1. The van der Waals surface area contributed by atoms with Crippen LogP contribution in [0.2, 0.25) is 0 Å². The van der Waals surface area contributed by atoms with E-state index in [1.165, 1.54) is 31.4 Å². The number of hydrogen-bond acceptors (Lipinski definition) is 2. The van der Waals surface area contributed by atoms with E-state index in [-0.39, 0.29) is 30.7 Å². The lowest BCUT2D eigenvalue weighted by Gasteiger charge is -2.40. The van der Waals surface area contributed by atoms with E-state index in [1.54, 1.807) is 28.9 Å². The van der Waals surface area contributed by atoms with Crippen LogP contribution in [0, 0.1) is 11.7 Å². The molecule has 1 saturated carbocycles. The molecule has 0 bridgehead atoms. The van der Waals surface area contributed by atoms with Crippen LogP contribution >= 0.6 is 0 Å². The molecule has 1 saturated heterocycles. The van der Waals surface area contributed by atoms with Crippen molar-refractivity contribution >= 4 is 11.8 Å². The van der Waals surface area contributed by atoms with Crippen LogP contribution in [-0.2, 0) is 16.1 Å². The molecule has 3 rings (SSSR count). The van der Waals surface area contributed by atoms with Crippen LogP contribution in [0.15, 0.2) is 24.3 Å². The van der Waals surface area contributed by atoms with E-state index in [0.29, 0.717) is 18.0 Å². The van der Waals surface area contributed by atoms with Gasteiger partial charge in [0.2, 0.25) is 11.8 Å². The predicted octanol–water partition coefficient (Wildman–Crippen LogP) is 2.97. The lowest BCUT2D eigenvalue weighted by atomic mass is 9.88. The normalized spacial score (nSPS) is 23.0. The average molecular weight is 332 g/mol. The Balaban J connectivity index is 1.65. The SMILES string of the molecule is C[C@H]1C(=O)N(Cc2cccc(F)c2)CC(=O)N1CC1CCCCC1. The van der Waals surface area contributed by atoms with Crippen LogP contribution in [0.1, 0.15) is 44.6 Å². The summed E-state index contributed by atoms with van der Waals surface area (Å²) in [4.78, 5) is 28.5. The number of carbonyl (C=O) groups is 2. The Bertz CT molecular complexity index is 613. The van der Waals surface area contributed by atoms with Crippen molar-refractivity contribution in [3.05, 3.63) is 35.6 Å². The van der Waals surface area contributed by atoms with Crippen molar-refractivity contribution in [3.63, 3.8) is 0 Å². The molecule has 5 heteroatoms. The van der Waals surface area contributed by atoms with Crippen molar-refractivity contribution in [3.8, 4) is 0 Å². The van der Waals surface area contributed by atoms with Crippen molar-refractivity contribution in [2.75, 3.05) is 13.1 Å². The van der Waals surface area contributed by atoms with Crippen LogP contribution in [0.4, 0.5) is 4.39 Å². The second kappa shape index (κ2) is 7.32. The molecule has 0 aromatic heterocycles. The fourth-order valence-electron chi connectivity index (χ4n) is 3.84. The number of amides is 2. The topological polar surface area (TPSA) is 40.6 Å². The van der Waals surface area contributed by atoms with Gasteiger partial charge in [0.15, 0.2) is 0 Å². The van der Waals surface area contributed by atoms with Crippen molar-refractivity contribution in [1.29, 1.82) is 0 Å². The summed E-state index contributed by atoms with van der Waals surface area (Å²) in [5.41, 5.74) is 0.712. The summed E-state index contributed by atoms with van der Waals surface area (Å²) in [6, 6.07) is 5.76. The minimum atomic E-state index is -0.429. The Kier molecular flexibility index (Phi) is 5.17. The zero-order valence-corrected chi connectivity index (χ0v) is 14.2. The molecule has 1 atom stereocenters. The fraction of sp³-hybridized carbons (Fsp3) is 0.579. The number of benzene rings is 1. The second-order valence-electron chi connectivity index (χ2n) is 7.05. The average Bonchev–Trinajstić information content (AvgIpc) is 2.57. The van der Waals surface area contributed by atoms with E-state index in [4.69, 9.17) is 0 Å². The predicted molar refractivity (Wildman–Crippen MR) is 89.6 cm³/mol. The number of hydrogen-bond donors (Lipinski definition) is 0. The summed E-state index contributed by atoms with van der Waals surface area (Å²) in [6.45, 7) is 2.87. The van der Waals surface area contributed by atoms with Crippen molar-refractivity contribution < 1.29 is 14.0 Å². The first kappa shape index (κ1) is 16.9. The van der Waals surface area contributed by atoms with Gasteiger partial charge < -0.3 is 9.80 Å². The third kappa shape index (κ3) is 3.77. The number of halogens is 1. The van der Waals surface area contributed by atoms with E-state index in [1.807, 2.05) is 0 Å². The van der Waals surface area contributed by atoms with Gasteiger partial charge in [-0.25, -0.2) is 4.39 Å². The maximum Gasteiger partial charge on any atom is 0.245 e. The third-order valence-electron chi connectivity index (χ3n) is 5.23. The first-order chi connectivity index (χ1) is 11.5. The molecular formula is C19H25FN2O2. The standard InChI is InChI=1S/C19H25FN2O2/c1-14-19(24)21(11-16-8-5-9-17(20)10-16)13-18(23)22(14)12-15-6-3-2-4-7-15/h5,8-10,14-15H,2-4,6-7,11-13H2,1H3/t14-/m0/s1. The molecule has 1 aromatic rings. The minimum absolute atomic E-state index is 0.00377. The number of nitrogens with zero attached hydrogens (tertiary/aromatic N) is 2. The molecule has 130 valence electrons. The van der Waals surface area contributed by atoms with Crippen LogP contribution in [0.3, 0.4) is 0 Å². The molecule has 1 aliphatic carbocycles. The first-order valence-corrected chi connectivity index (χ1v) is 8.87. The molecule has 0 N–H and O–H groups in total. The Labute approximate surface area is 142 Å². The van der Waals surface area contributed by atoms with Crippen LogP contribution in [0.25, 0.3) is 0 Å². The Morgan fingerprint density at radius 2 is 1.92 bits per heavy atom. The second-order valence-corrected chi connectivity index (χ2v) is 7.05. The van der Waals surface area contributed by atoms with Gasteiger partial charge in [-0.2, -0.15) is 0 Å². The summed E-state index contributed by atoms with van der Waals surface area (Å²) in [7, 11) is 0. The summed E-state index contributed by atoms with van der Waals surface area (Å²) in [5.74, 6) is 0.154. The lowest BCUT2D eigenvalue weighted by molar-refractivity contribution is -0.156. The molecule has 1 heterocycles. The highest BCUT2D eigenvalue weighted by molar-refractivity contribution is 5.94. The Hall–Kier alpha value is -1.91. The molecule has 0 spiro atoms. The van der Waals surface area contributed by atoms with Crippen LogP contribution in [0.5, 0.6) is 0 Å². The van der Waals surface area contributed by atoms with Gasteiger partial charge in [-0.05, 0) is 43.4 Å². The highest BCUT2D eigenvalue weighted by Crippen LogP contribution is 2.26. The van der Waals surface area contributed by atoms with Gasteiger partial charge in [-0.15, -0.1) is 0 Å². The van der Waals surface area contributed by atoms with Crippen molar-refractivity contribution in [2.24, 2.45) is 5.92 Å². The number of carbonyl (C=O) groups excluding carboxylic acids is 2. The Morgan fingerprint density at radius 3 is 2.62 bits per heavy atom. The molecule has 1 aromatic carbocycles. The monoisotopic (exact) mass is 332 g/mol. The van der Waals surface area contributed by atoms with Gasteiger partial charge in [-0.3, -0.25) is 9.59 Å². The molecule has 1 aliphatic heterocycles. The summed E-state index contributed by atoms with van der Waals surface area (Å²) in [5, 5.41) is 0. The molecule has 4 nitrogen and oxygen atoms in total. The fourth-order valence-corrected chi connectivity index (χ4v) is 3.84. The van der Waals surface area contributed by atoms with Crippen LogP contribution in [-0.4, -0.2) is 40.7 Å². The quantitative estimate of drug-likeness (QED) is 0.850. The molecular weight excluding hydrogens is 307 g/mol. The van der Waals surface area contributed by atoms with Gasteiger partial charge >= 0.3 is 0 Å². The van der Waals surface area contributed by atoms with Gasteiger partial charge in [-0.1, -0.05) is 31.4 Å². The molecule has 0 radical (unpaired) electrons. The largest absolute Gasteiger partial charge is 0.329 e. The highest BCUT2D eigenvalue weighted by atomic mass is 19.1. The van der Waals surface area contributed by atoms with E-state index in [9.17, 15) is 14.0 Å². The van der Waals surface area contributed by atoms with E-state index in [0.717, 1.165) is 12.8 Å². The molecule has 2 fully saturated rings. The van der Waals surface area contributed by atoms with Gasteiger partial charge in [0.25, 0.3) is 0 Å². The summed E-state index contributed by atoms with van der Waals surface area (Å²) >= 11 is 0. The zero-order valence-electron chi connectivity index (χ0n) is 14.2. The van der Waals surface area contributed by atoms with Crippen LogP contribution < -0.4 is 0 Å². The molecule has 2 amide bonds. The van der Waals surface area contributed by atoms with Gasteiger partial charge in [0.1, 0.15) is 18.4 Å². The maximum absolute atomic E-state index is 13.3. The lowest BCUT2D eigenvalue weighted by Crippen LogP contribution is -2.59. The molecule has 24 heavy (non-hydrogen) atoms. The van der Waals surface area contributed by atoms with Crippen molar-refractivity contribution in [1.82, 2.24) is 9.80 Å². The van der Waals surface area contributed by atoms with Crippen molar-refractivity contribution in [2.45, 2.75) is 51.6 Å². The Morgan fingerprint density at radius 1 is 1.17 bits per heavy atom. The van der Waals surface area contributed by atoms with Gasteiger partial charge in [0.05, 0.1) is 0 Å². The first-order valence-electron chi connectivity index (χ1n) is 8.87. The third-order valence-corrected chi connectivity index (χ3v) is 5.23.